The van der Waals surface area contributed by atoms with Crippen molar-refractivity contribution in [1.82, 2.24) is 5.32 Å². The van der Waals surface area contributed by atoms with E-state index in [1.165, 1.54) is 6.42 Å². The average molecular weight is 267 g/mol. The van der Waals surface area contributed by atoms with Crippen molar-refractivity contribution in [2.45, 2.75) is 64.3 Å². The molecule has 3 unspecified atom stereocenters. The van der Waals surface area contributed by atoms with Gasteiger partial charge in [-0.2, -0.15) is 0 Å². The van der Waals surface area contributed by atoms with Crippen molar-refractivity contribution in [3.63, 3.8) is 0 Å². The topological polar surface area (TPSA) is 66.4 Å². The Kier molecular flexibility index (Phi) is 4.83. The minimum atomic E-state index is -0.870. The van der Waals surface area contributed by atoms with E-state index >= 15 is 0 Å². The number of hydrogen-bond donors (Lipinski definition) is 2. The smallest absolute Gasteiger partial charge is 0.326 e. The molecule has 0 saturated heterocycles. The summed E-state index contributed by atoms with van der Waals surface area (Å²) in [6.07, 6.45) is 8.29. The Hall–Kier alpha value is -1.06. The summed E-state index contributed by atoms with van der Waals surface area (Å²) in [4.78, 5) is 23.7. The molecule has 0 radical (unpaired) electrons. The molecule has 0 aliphatic heterocycles. The summed E-state index contributed by atoms with van der Waals surface area (Å²) in [5.41, 5.74) is 0. The first-order valence-electron chi connectivity index (χ1n) is 7.62. The highest BCUT2D eigenvalue weighted by Crippen LogP contribution is 2.32. The van der Waals surface area contributed by atoms with E-state index in [1.54, 1.807) is 0 Å². The molecule has 3 atom stereocenters. The van der Waals surface area contributed by atoms with Crippen molar-refractivity contribution >= 4 is 11.9 Å². The van der Waals surface area contributed by atoms with Gasteiger partial charge < -0.3 is 10.4 Å². The second-order valence-electron chi connectivity index (χ2n) is 6.24. The Morgan fingerprint density at radius 1 is 1.05 bits per heavy atom. The molecule has 2 N–H and O–H groups in total. The Morgan fingerprint density at radius 2 is 1.74 bits per heavy atom. The monoisotopic (exact) mass is 267 g/mol. The fourth-order valence-corrected chi connectivity index (χ4v) is 3.64. The molecule has 108 valence electrons. The van der Waals surface area contributed by atoms with Crippen LogP contribution in [-0.4, -0.2) is 23.0 Å². The predicted molar refractivity (Wildman–Crippen MR) is 72.6 cm³/mol. The third-order valence-electron chi connectivity index (χ3n) is 4.88. The SMILES string of the molecule is CC1CCCC1C(=O)NC(C(=O)O)C1CCCCC1. The fourth-order valence-electron chi connectivity index (χ4n) is 3.64. The number of rotatable bonds is 4. The number of carbonyl (C=O) groups is 2. The van der Waals surface area contributed by atoms with E-state index in [1.807, 2.05) is 0 Å². The lowest BCUT2D eigenvalue weighted by Gasteiger charge is -2.29. The second kappa shape index (κ2) is 6.40. The van der Waals surface area contributed by atoms with Gasteiger partial charge >= 0.3 is 5.97 Å². The van der Waals surface area contributed by atoms with E-state index in [0.717, 1.165) is 44.9 Å². The molecule has 2 fully saturated rings. The van der Waals surface area contributed by atoms with Gasteiger partial charge in [0.25, 0.3) is 0 Å². The number of nitrogens with one attached hydrogen (secondary N) is 1. The van der Waals surface area contributed by atoms with Crippen LogP contribution in [-0.2, 0) is 9.59 Å². The maximum absolute atomic E-state index is 12.2. The summed E-state index contributed by atoms with van der Waals surface area (Å²) in [5, 5.41) is 12.2. The third-order valence-corrected chi connectivity index (χ3v) is 4.88. The molecular formula is C15H25NO3. The Labute approximate surface area is 115 Å². The quantitative estimate of drug-likeness (QED) is 0.822. The van der Waals surface area contributed by atoms with Crippen molar-refractivity contribution in [1.29, 1.82) is 0 Å². The molecule has 0 aromatic carbocycles. The van der Waals surface area contributed by atoms with E-state index in [0.29, 0.717) is 5.92 Å². The van der Waals surface area contributed by atoms with Crippen LogP contribution in [0.3, 0.4) is 0 Å². The van der Waals surface area contributed by atoms with Crippen molar-refractivity contribution < 1.29 is 14.7 Å². The van der Waals surface area contributed by atoms with Gasteiger partial charge in [0.1, 0.15) is 6.04 Å². The Morgan fingerprint density at radius 3 is 2.26 bits per heavy atom. The van der Waals surface area contributed by atoms with Crippen LogP contribution in [0.25, 0.3) is 0 Å². The molecule has 4 heteroatoms. The van der Waals surface area contributed by atoms with Crippen molar-refractivity contribution in [3.05, 3.63) is 0 Å². The number of amides is 1. The van der Waals surface area contributed by atoms with Crippen LogP contribution in [0.5, 0.6) is 0 Å². The van der Waals surface area contributed by atoms with Gasteiger partial charge in [0.05, 0.1) is 0 Å². The molecular weight excluding hydrogens is 242 g/mol. The summed E-state index contributed by atoms with van der Waals surface area (Å²) < 4.78 is 0. The summed E-state index contributed by atoms with van der Waals surface area (Å²) in [6, 6.07) is -0.680. The van der Waals surface area contributed by atoms with Crippen molar-refractivity contribution in [3.8, 4) is 0 Å². The van der Waals surface area contributed by atoms with Crippen LogP contribution in [0.1, 0.15) is 58.3 Å². The Bertz CT molecular complexity index is 336. The lowest BCUT2D eigenvalue weighted by molar-refractivity contribution is -0.144. The van der Waals surface area contributed by atoms with Gasteiger partial charge in [-0.3, -0.25) is 4.79 Å². The predicted octanol–water partition coefficient (Wildman–Crippen LogP) is 2.57. The summed E-state index contributed by atoms with van der Waals surface area (Å²) >= 11 is 0. The molecule has 4 nitrogen and oxygen atoms in total. The van der Waals surface area contributed by atoms with Gasteiger partial charge in [0.15, 0.2) is 0 Å². The third kappa shape index (κ3) is 3.48. The van der Waals surface area contributed by atoms with Gasteiger partial charge in [0.2, 0.25) is 5.91 Å². The second-order valence-corrected chi connectivity index (χ2v) is 6.24. The maximum Gasteiger partial charge on any atom is 0.326 e. The summed E-state index contributed by atoms with van der Waals surface area (Å²) in [6.45, 7) is 2.09. The van der Waals surface area contributed by atoms with Crippen LogP contribution in [0.2, 0.25) is 0 Å². The highest BCUT2D eigenvalue weighted by atomic mass is 16.4. The van der Waals surface area contributed by atoms with E-state index in [2.05, 4.69) is 12.2 Å². The molecule has 0 spiro atoms. The van der Waals surface area contributed by atoms with Gasteiger partial charge in [-0.25, -0.2) is 4.79 Å². The maximum atomic E-state index is 12.2. The molecule has 0 bridgehead atoms. The summed E-state index contributed by atoms with van der Waals surface area (Å²) in [5.74, 6) is -0.382. The van der Waals surface area contributed by atoms with Gasteiger partial charge in [0, 0.05) is 5.92 Å². The van der Waals surface area contributed by atoms with Crippen LogP contribution in [0, 0.1) is 17.8 Å². The largest absolute Gasteiger partial charge is 0.480 e. The zero-order valence-corrected chi connectivity index (χ0v) is 11.7. The number of hydrogen-bond acceptors (Lipinski definition) is 2. The van der Waals surface area contributed by atoms with E-state index in [-0.39, 0.29) is 17.7 Å². The molecule has 2 rings (SSSR count). The molecule has 1 amide bonds. The number of aliphatic carboxylic acids is 1. The molecule has 0 aromatic heterocycles. The van der Waals surface area contributed by atoms with E-state index in [4.69, 9.17) is 0 Å². The standard InChI is InChI=1S/C15H25NO3/c1-10-6-5-9-12(10)14(17)16-13(15(18)19)11-7-3-2-4-8-11/h10-13H,2-9H2,1H3,(H,16,17)(H,18,19). The molecule has 0 aromatic rings. The highest BCUT2D eigenvalue weighted by molar-refractivity contribution is 5.85. The Balaban J connectivity index is 1.95. The number of carbonyl (C=O) groups excluding carboxylic acids is 1. The zero-order chi connectivity index (χ0) is 13.8. The van der Waals surface area contributed by atoms with Crippen molar-refractivity contribution in [2.24, 2.45) is 17.8 Å². The first kappa shape index (κ1) is 14.4. The van der Waals surface area contributed by atoms with Crippen LogP contribution in [0.4, 0.5) is 0 Å². The number of carboxylic acids is 1. The minimum absolute atomic E-state index is 0.0189. The van der Waals surface area contributed by atoms with Crippen molar-refractivity contribution in [2.75, 3.05) is 0 Å². The van der Waals surface area contributed by atoms with E-state index in [9.17, 15) is 14.7 Å². The first-order valence-corrected chi connectivity index (χ1v) is 7.62. The number of carboxylic acid groups (broad SMARTS) is 1. The minimum Gasteiger partial charge on any atom is -0.480 e. The van der Waals surface area contributed by atoms with Gasteiger partial charge in [-0.15, -0.1) is 0 Å². The molecule has 2 aliphatic rings. The summed E-state index contributed by atoms with van der Waals surface area (Å²) in [7, 11) is 0. The van der Waals surface area contributed by atoms with Crippen LogP contribution < -0.4 is 5.32 Å². The average Bonchev–Trinajstić information content (AvgIpc) is 2.82. The van der Waals surface area contributed by atoms with E-state index < -0.39 is 12.0 Å². The molecule has 2 aliphatic carbocycles. The van der Waals surface area contributed by atoms with Gasteiger partial charge in [-0.1, -0.05) is 32.6 Å². The fraction of sp³-hybridized carbons (Fsp3) is 0.867. The van der Waals surface area contributed by atoms with Gasteiger partial charge in [-0.05, 0) is 37.5 Å². The molecule has 0 heterocycles. The normalized spacial score (nSPS) is 29.9. The lowest BCUT2D eigenvalue weighted by atomic mass is 9.83. The highest BCUT2D eigenvalue weighted by Gasteiger charge is 2.35. The lowest BCUT2D eigenvalue weighted by Crippen LogP contribution is -2.48. The van der Waals surface area contributed by atoms with Crippen LogP contribution >= 0.6 is 0 Å². The zero-order valence-electron chi connectivity index (χ0n) is 11.7. The molecule has 19 heavy (non-hydrogen) atoms. The van der Waals surface area contributed by atoms with Crippen LogP contribution in [0.15, 0.2) is 0 Å². The molecule has 2 saturated carbocycles. The first-order chi connectivity index (χ1) is 9.09.